The number of hydrogen-bond donors (Lipinski definition) is 2. The molecule has 1 aromatic heterocycles. The molecular formula is C22H35BN4O5. The highest BCUT2D eigenvalue weighted by Crippen LogP contribution is 2.36. The fourth-order valence-corrected chi connectivity index (χ4v) is 4.26. The number of piperidine rings is 1. The van der Waals surface area contributed by atoms with Gasteiger partial charge in [0, 0.05) is 43.5 Å². The number of aliphatic hydroxyl groups excluding tert-OH is 2. The zero-order valence-electron chi connectivity index (χ0n) is 19.5. The molecule has 0 radical (unpaired) electrons. The normalized spacial score (nSPS) is 23.9. The minimum absolute atomic E-state index is 0.383. The number of amides is 1. The summed E-state index contributed by atoms with van der Waals surface area (Å²) in [6.07, 6.45) is 6.29. The largest absolute Gasteiger partial charge is 0.498 e. The first-order chi connectivity index (χ1) is 15.1. The molecule has 0 bridgehead atoms. The molecule has 2 saturated heterocycles. The lowest BCUT2D eigenvalue weighted by atomic mass is 9.81. The second kappa shape index (κ2) is 8.89. The molecule has 0 aromatic carbocycles. The van der Waals surface area contributed by atoms with E-state index < -0.39 is 31.0 Å². The molecule has 3 fully saturated rings. The van der Waals surface area contributed by atoms with Gasteiger partial charge in [-0.2, -0.15) is 0 Å². The van der Waals surface area contributed by atoms with Crippen LogP contribution in [0.1, 0.15) is 53.4 Å². The van der Waals surface area contributed by atoms with E-state index >= 15 is 0 Å². The van der Waals surface area contributed by atoms with Crippen LogP contribution in [-0.2, 0) is 14.1 Å². The number of aromatic nitrogens is 2. The highest BCUT2D eigenvalue weighted by Gasteiger charge is 2.52. The number of anilines is 1. The van der Waals surface area contributed by atoms with Crippen molar-refractivity contribution in [3.8, 4) is 0 Å². The molecule has 1 amide bonds. The van der Waals surface area contributed by atoms with Crippen molar-refractivity contribution in [2.75, 3.05) is 31.1 Å². The van der Waals surface area contributed by atoms with E-state index in [4.69, 9.17) is 14.4 Å². The van der Waals surface area contributed by atoms with Crippen LogP contribution in [0.3, 0.4) is 0 Å². The zero-order chi connectivity index (χ0) is 23.1. The summed E-state index contributed by atoms with van der Waals surface area (Å²) in [4.78, 5) is 25.3. The molecule has 1 saturated carbocycles. The Kier molecular flexibility index (Phi) is 6.51. The van der Waals surface area contributed by atoms with E-state index in [1.54, 1.807) is 17.3 Å². The van der Waals surface area contributed by atoms with Crippen LogP contribution in [0.25, 0.3) is 0 Å². The molecule has 10 heteroatoms. The first kappa shape index (κ1) is 23.4. The van der Waals surface area contributed by atoms with Gasteiger partial charge in [0.1, 0.15) is 0 Å². The topological polar surface area (TPSA) is 108 Å². The van der Waals surface area contributed by atoms with Gasteiger partial charge in [0.25, 0.3) is 5.91 Å². The number of nitrogens with zero attached hydrogens (tertiary/aromatic N) is 4. The molecule has 176 valence electrons. The van der Waals surface area contributed by atoms with Gasteiger partial charge in [0.2, 0.25) is 5.95 Å². The van der Waals surface area contributed by atoms with Crippen molar-refractivity contribution in [3.05, 3.63) is 12.4 Å². The van der Waals surface area contributed by atoms with Crippen molar-refractivity contribution in [2.45, 2.75) is 76.7 Å². The molecule has 0 spiro atoms. The monoisotopic (exact) mass is 446 g/mol. The van der Waals surface area contributed by atoms with Gasteiger partial charge in [0.15, 0.2) is 6.10 Å². The Hall–Kier alpha value is -1.75. The number of carbonyl (C=O) groups excluding carboxylic acids is 1. The number of rotatable bonds is 7. The minimum Gasteiger partial charge on any atom is -0.399 e. The summed E-state index contributed by atoms with van der Waals surface area (Å²) >= 11 is 0. The summed E-state index contributed by atoms with van der Waals surface area (Å²) in [5.74, 6) is 0.769. The van der Waals surface area contributed by atoms with Crippen molar-refractivity contribution in [3.63, 3.8) is 0 Å². The van der Waals surface area contributed by atoms with Crippen molar-refractivity contribution in [2.24, 2.45) is 5.92 Å². The molecule has 3 heterocycles. The van der Waals surface area contributed by atoms with E-state index in [0.717, 1.165) is 43.6 Å². The van der Waals surface area contributed by atoms with Crippen LogP contribution in [0.4, 0.5) is 5.95 Å². The molecule has 1 atom stereocenters. The highest BCUT2D eigenvalue weighted by atomic mass is 16.7. The van der Waals surface area contributed by atoms with E-state index in [-0.39, 0.29) is 5.91 Å². The Balaban J connectivity index is 1.37. The van der Waals surface area contributed by atoms with Crippen LogP contribution in [0.5, 0.6) is 0 Å². The summed E-state index contributed by atoms with van der Waals surface area (Å²) in [7, 11) is -0.473. The number of hydrogen-bond acceptors (Lipinski definition) is 8. The average molecular weight is 446 g/mol. The molecule has 1 aromatic rings. The van der Waals surface area contributed by atoms with Crippen LogP contribution in [0.2, 0.25) is 0 Å². The van der Waals surface area contributed by atoms with Crippen LogP contribution >= 0.6 is 0 Å². The smallest absolute Gasteiger partial charge is 0.399 e. The molecule has 2 N–H and O–H groups in total. The van der Waals surface area contributed by atoms with Crippen LogP contribution in [0, 0.1) is 5.92 Å². The van der Waals surface area contributed by atoms with Crippen molar-refractivity contribution >= 4 is 24.4 Å². The van der Waals surface area contributed by atoms with Gasteiger partial charge in [0.05, 0.1) is 17.8 Å². The lowest BCUT2D eigenvalue weighted by molar-refractivity contribution is -0.143. The Morgan fingerprint density at radius 3 is 2.22 bits per heavy atom. The molecule has 9 nitrogen and oxygen atoms in total. The van der Waals surface area contributed by atoms with Gasteiger partial charge < -0.3 is 29.3 Å². The predicted octanol–water partition coefficient (Wildman–Crippen LogP) is 0.336. The molecule has 2 aliphatic heterocycles. The van der Waals surface area contributed by atoms with Gasteiger partial charge in [-0.1, -0.05) is 0 Å². The van der Waals surface area contributed by atoms with Crippen LogP contribution < -0.4 is 10.4 Å². The third-order valence-electron chi connectivity index (χ3n) is 7.27. The Labute approximate surface area is 190 Å². The summed E-state index contributed by atoms with van der Waals surface area (Å²) in [5, 5.41) is 18.6. The first-order valence-corrected chi connectivity index (χ1v) is 11.6. The van der Waals surface area contributed by atoms with Gasteiger partial charge >= 0.3 is 7.12 Å². The van der Waals surface area contributed by atoms with Crippen molar-refractivity contribution in [1.29, 1.82) is 0 Å². The summed E-state index contributed by atoms with van der Waals surface area (Å²) in [6.45, 7) is 9.63. The molecule has 32 heavy (non-hydrogen) atoms. The quantitative estimate of drug-likeness (QED) is 0.578. The standard InChI is InChI=1S/C22H35BN4O5/c1-21(2)22(3,4)32-23(31-21)16-11-24-20(25-12-16)27(17-5-6-17)13-15-7-9-26(10-8-15)19(30)18(29)14-28/h11-12,15,17-18,28-29H,5-10,13-14H2,1-4H3/t18-/m1/s1. The maximum atomic E-state index is 12.1. The van der Waals surface area contributed by atoms with Gasteiger partial charge in [-0.3, -0.25) is 4.79 Å². The van der Waals surface area contributed by atoms with E-state index in [1.807, 2.05) is 27.7 Å². The van der Waals surface area contributed by atoms with Crippen molar-refractivity contribution in [1.82, 2.24) is 14.9 Å². The average Bonchev–Trinajstić information content (AvgIpc) is 3.58. The Morgan fingerprint density at radius 1 is 1.16 bits per heavy atom. The van der Waals surface area contributed by atoms with E-state index in [2.05, 4.69) is 14.9 Å². The highest BCUT2D eigenvalue weighted by molar-refractivity contribution is 6.61. The lowest BCUT2D eigenvalue weighted by Gasteiger charge is -2.35. The second-order valence-electron chi connectivity index (χ2n) is 10.3. The fraction of sp³-hybridized carbons (Fsp3) is 0.773. The summed E-state index contributed by atoms with van der Waals surface area (Å²) < 4.78 is 12.2. The van der Waals surface area contributed by atoms with Crippen LogP contribution in [0.15, 0.2) is 12.4 Å². The maximum Gasteiger partial charge on any atom is 0.498 e. The summed E-state index contributed by atoms with van der Waals surface area (Å²) in [5.41, 5.74) is 0.0112. The number of carbonyl (C=O) groups is 1. The molecule has 0 unspecified atom stereocenters. The second-order valence-corrected chi connectivity index (χ2v) is 10.3. The number of likely N-dealkylation sites (tertiary alicyclic amines) is 1. The third kappa shape index (κ3) is 4.78. The molecule has 4 rings (SSSR count). The van der Waals surface area contributed by atoms with Gasteiger partial charge in [-0.05, 0) is 59.3 Å². The SMILES string of the molecule is CC1(C)OB(c2cnc(N(CC3CCN(C(=O)[C@H](O)CO)CC3)C3CC3)nc2)OC1(C)C. The van der Waals surface area contributed by atoms with Gasteiger partial charge in [-0.15, -0.1) is 0 Å². The fourth-order valence-electron chi connectivity index (χ4n) is 4.26. The van der Waals surface area contributed by atoms with Gasteiger partial charge in [-0.25, -0.2) is 9.97 Å². The van der Waals surface area contributed by atoms with Crippen LogP contribution in [-0.4, -0.2) is 87.7 Å². The Morgan fingerprint density at radius 2 is 1.72 bits per heavy atom. The van der Waals surface area contributed by atoms with Crippen molar-refractivity contribution < 1.29 is 24.3 Å². The van der Waals surface area contributed by atoms with E-state index in [1.165, 1.54) is 0 Å². The minimum atomic E-state index is -1.31. The molecule has 3 aliphatic rings. The van der Waals surface area contributed by atoms with E-state index in [0.29, 0.717) is 25.0 Å². The zero-order valence-corrected chi connectivity index (χ0v) is 19.5. The number of aliphatic hydroxyl groups is 2. The summed E-state index contributed by atoms with van der Waals surface area (Å²) in [6, 6.07) is 0.466. The molecule has 1 aliphatic carbocycles. The maximum absolute atomic E-state index is 12.1. The lowest BCUT2D eigenvalue weighted by Crippen LogP contribution is -2.46. The predicted molar refractivity (Wildman–Crippen MR) is 121 cm³/mol. The first-order valence-electron chi connectivity index (χ1n) is 11.6. The van der Waals surface area contributed by atoms with E-state index in [9.17, 15) is 9.90 Å². The third-order valence-corrected chi connectivity index (χ3v) is 7.27. The Bertz CT molecular complexity index is 793. The molecular weight excluding hydrogens is 411 g/mol.